The maximum atomic E-state index is 13.1. The smallest absolute Gasteiger partial charge is 0.271 e. The van der Waals surface area contributed by atoms with Crippen LogP contribution in [0.15, 0.2) is 59.5 Å². The predicted molar refractivity (Wildman–Crippen MR) is 106 cm³/mol. The van der Waals surface area contributed by atoms with E-state index in [9.17, 15) is 23.3 Å². The lowest BCUT2D eigenvalue weighted by molar-refractivity contribution is -0.384. The van der Waals surface area contributed by atoms with Crippen molar-refractivity contribution in [2.45, 2.75) is 4.90 Å². The Balaban J connectivity index is 2.37. The first-order valence-corrected chi connectivity index (χ1v) is 9.89. The van der Waals surface area contributed by atoms with E-state index in [0.29, 0.717) is 13.1 Å². The number of anilines is 1. The van der Waals surface area contributed by atoms with Gasteiger partial charge in [0.25, 0.3) is 15.7 Å². The first-order chi connectivity index (χ1) is 13.2. The zero-order valence-corrected chi connectivity index (χ0v) is 16.4. The SMILES string of the molecule is CN(C)CCNC(=O)CN(c1cccc([N+](=O)[O-])c1)S(=O)(=O)c1ccccc1. The molecule has 0 aromatic heterocycles. The van der Waals surface area contributed by atoms with E-state index in [0.717, 1.165) is 10.4 Å². The van der Waals surface area contributed by atoms with Gasteiger partial charge in [0.15, 0.2) is 0 Å². The summed E-state index contributed by atoms with van der Waals surface area (Å²) in [4.78, 5) is 24.7. The van der Waals surface area contributed by atoms with Crippen molar-refractivity contribution in [2.24, 2.45) is 0 Å². The van der Waals surface area contributed by atoms with Crippen LogP contribution in [0.3, 0.4) is 0 Å². The number of carbonyl (C=O) groups excluding carboxylic acids is 1. The van der Waals surface area contributed by atoms with Gasteiger partial charge >= 0.3 is 0 Å². The second kappa shape index (κ2) is 9.29. The number of likely N-dealkylation sites (N-methyl/N-ethyl adjacent to an activating group) is 1. The Morgan fingerprint density at radius 2 is 1.79 bits per heavy atom. The molecule has 2 aromatic rings. The Morgan fingerprint density at radius 1 is 1.11 bits per heavy atom. The molecular formula is C18H22N4O5S. The predicted octanol–water partition coefficient (Wildman–Crippen LogP) is 1.47. The molecule has 150 valence electrons. The fourth-order valence-electron chi connectivity index (χ4n) is 2.40. The van der Waals surface area contributed by atoms with Gasteiger partial charge in [0.1, 0.15) is 6.54 Å². The average molecular weight is 406 g/mol. The molecule has 0 saturated carbocycles. The van der Waals surface area contributed by atoms with Gasteiger partial charge in [-0.3, -0.25) is 19.2 Å². The zero-order valence-electron chi connectivity index (χ0n) is 15.6. The molecule has 0 radical (unpaired) electrons. The van der Waals surface area contributed by atoms with Crippen molar-refractivity contribution in [2.75, 3.05) is 38.0 Å². The van der Waals surface area contributed by atoms with Gasteiger partial charge in [-0.15, -0.1) is 0 Å². The van der Waals surface area contributed by atoms with Crippen LogP contribution < -0.4 is 9.62 Å². The van der Waals surface area contributed by atoms with Crippen LogP contribution >= 0.6 is 0 Å². The molecule has 0 spiro atoms. The second-order valence-corrected chi connectivity index (χ2v) is 8.12. The van der Waals surface area contributed by atoms with Crippen LogP contribution in [0.25, 0.3) is 0 Å². The van der Waals surface area contributed by atoms with E-state index >= 15 is 0 Å². The van der Waals surface area contributed by atoms with Gasteiger partial charge in [-0.05, 0) is 32.3 Å². The maximum absolute atomic E-state index is 13.1. The topological polar surface area (TPSA) is 113 Å². The summed E-state index contributed by atoms with van der Waals surface area (Å²) in [5.41, 5.74) is -0.223. The number of sulfonamides is 1. The minimum absolute atomic E-state index is 0.0115. The fraction of sp³-hybridized carbons (Fsp3) is 0.278. The molecule has 0 aliphatic heterocycles. The lowest BCUT2D eigenvalue weighted by Crippen LogP contribution is -2.42. The number of nitro groups is 1. The number of hydrogen-bond donors (Lipinski definition) is 1. The molecule has 28 heavy (non-hydrogen) atoms. The summed E-state index contributed by atoms with van der Waals surface area (Å²) in [6.07, 6.45) is 0. The molecule has 0 aliphatic rings. The van der Waals surface area contributed by atoms with Crippen LogP contribution in [0.1, 0.15) is 0 Å². The molecule has 0 saturated heterocycles. The molecule has 2 rings (SSSR count). The summed E-state index contributed by atoms with van der Waals surface area (Å²) in [6, 6.07) is 12.8. The van der Waals surface area contributed by atoms with Gasteiger partial charge in [-0.2, -0.15) is 0 Å². The van der Waals surface area contributed by atoms with E-state index in [1.165, 1.54) is 30.3 Å². The quantitative estimate of drug-likeness (QED) is 0.498. The van der Waals surface area contributed by atoms with Gasteiger partial charge in [0, 0.05) is 25.2 Å². The molecular weight excluding hydrogens is 384 g/mol. The Bertz CT molecular complexity index is 932. The van der Waals surface area contributed by atoms with Gasteiger partial charge < -0.3 is 10.2 Å². The van der Waals surface area contributed by atoms with Crippen molar-refractivity contribution < 1.29 is 18.1 Å². The van der Waals surface area contributed by atoms with Gasteiger partial charge in [-0.1, -0.05) is 24.3 Å². The van der Waals surface area contributed by atoms with E-state index in [-0.39, 0.29) is 16.3 Å². The normalized spacial score (nSPS) is 11.2. The first kappa shape index (κ1) is 21.3. The highest BCUT2D eigenvalue weighted by Gasteiger charge is 2.28. The third-order valence-corrected chi connectivity index (χ3v) is 5.62. The van der Waals surface area contributed by atoms with Gasteiger partial charge in [0.05, 0.1) is 15.5 Å². The average Bonchev–Trinajstić information content (AvgIpc) is 2.66. The van der Waals surface area contributed by atoms with Gasteiger partial charge in [0.2, 0.25) is 5.91 Å². The minimum Gasteiger partial charge on any atom is -0.353 e. The van der Waals surface area contributed by atoms with Crippen molar-refractivity contribution in [3.05, 3.63) is 64.7 Å². The maximum Gasteiger partial charge on any atom is 0.271 e. The zero-order chi connectivity index (χ0) is 20.7. The molecule has 1 amide bonds. The van der Waals surface area contributed by atoms with Crippen molar-refractivity contribution in [1.82, 2.24) is 10.2 Å². The van der Waals surface area contributed by atoms with Crippen LogP contribution in [0.5, 0.6) is 0 Å². The molecule has 0 fully saturated rings. The van der Waals surface area contributed by atoms with Crippen molar-refractivity contribution >= 4 is 27.3 Å². The second-order valence-electron chi connectivity index (χ2n) is 6.25. The van der Waals surface area contributed by atoms with Gasteiger partial charge in [-0.25, -0.2) is 8.42 Å². The number of nitrogens with zero attached hydrogens (tertiary/aromatic N) is 3. The monoisotopic (exact) mass is 406 g/mol. The van der Waals surface area contributed by atoms with E-state index in [1.807, 2.05) is 19.0 Å². The molecule has 1 N–H and O–H groups in total. The van der Waals surface area contributed by atoms with Crippen molar-refractivity contribution in [1.29, 1.82) is 0 Å². The Morgan fingerprint density at radius 3 is 2.39 bits per heavy atom. The largest absolute Gasteiger partial charge is 0.353 e. The number of benzene rings is 2. The number of hydrogen-bond acceptors (Lipinski definition) is 6. The summed E-state index contributed by atoms with van der Waals surface area (Å²) < 4.78 is 27.1. The highest BCUT2D eigenvalue weighted by Crippen LogP contribution is 2.26. The number of amides is 1. The fourth-order valence-corrected chi connectivity index (χ4v) is 3.84. The molecule has 0 atom stereocenters. The Hall–Kier alpha value is -2.98. The van der Waals surface area contributed by atoms with Crippen LogP contribution in [-0.4, -0.2) is 57.9 Å². The third-order valence-electron chi connectivity index (χ3n) is 3.83. The molecule has 9 nitrogen and oxygen atoms in total. The molecule has 0 aliphatic carbocycles. The summed E-state index contributed by atoms with van der Waals surface area (Å²) in [5.74, 6) is -0.507. The number of carbonyl (C=O) groups is 1. The Kier molecular flexibility index (Phi) is 7.07. The number of nitro benzene ring substituents is 1. The molecule has 0 unspecified atom stereocenters. The van der Waals surface area contributed by atoms with Crippen LogP contribution in [0.4, 0.5) is 11.4 Å². The lowest BCUT2D eigenvalue weighted by Gasteiger charge is -2.24. The highest BCUT2D eigenvalue weighted by atomic mass is 32.2. The Labute approximate surface area is 163 Å². The van der Waals surface area contributed by atoms with E-state index in [1.54, 1.807) is 18.2 Å². The molecule has 0 heterocycles. The number of rotatable bonds is 9. The van der Waals surface area contributed by atoms with E-state index < -0.39 is 27.4 Å². The van der Waals surface area contributed by atoms with E-state index in [4.69, 9.17) is 0 Å². The number of non-ortho nitro benzene ring substituents is 1. The van der Waals surface area contributed by atoms with Crippen molar-refractivity contribution in [3.8, 4) is 0 Å². The summed E-state index contributed by atoms with van der Waals surface area (Å²) in [5, 5.41) is 13.7. The summed E-state index contributed by atoms with van der Waals surface area (Å²) >= 11 is 0. The summed E-state index contributed by atoms with van der Waals surface area (Å²) in [7, 11) is -0.396. The standard InChI is InChI=1S/C18H22N4O5S/c1-20(2)12-11-19-18(23)14-21(15-7-6-8-16(13-15)22(24)25)28(26,27)17-9-4-3-5-10-17/h3-10,13H,11-12,14H2,1-2H3,(H,19,23). The first-order valence-electron chi connectivity index (χ1n) is 8.45. The van der Waals surface area contributed by atoms with Crippen LogP contribution in [-0.2, 0) is 14.8 Å². The van der Waals surface area contributed by atoms with Crippen molar-refractivity contribution in [3.63, 3.8) is 0 Å². The molecule has 2 aromatic carbocycles. The van der Waals surface area contributed by atoms with Crippen LogP contribution in [0.2, 0.25) is 0 Å². The third kappa shape index (κ3) is 5.51. The molecule has 10 heteroatoms. The van der Waals surface area contributed by atoms with E-state index in [2.05, 4.69) is 5.32 Å². The summed E-state index contributed by atoms with van der Waals surface area (Å²) in [6.45, 7) is 0.444. The van der Waals surface area contributed by atoms with Crippen LogP contribution in [0, 0.1) is 10.1 Å². The minimum atomic E-state index is -4.09. The molecule has 0 bridgehead atoms. The number of nitrogens with one attached hydrogen (secondary N) is 1. The highest BCUT2D eigenvalue weighted by molar-refractivity contribution is 7.92. The lowest BCUT2D eigenvalue weighted by atomic mass is 10.3.